The van der Waals surface area contributed by atoms with Crippen LogP contribution in [0.3, 0.4) is 0 Å². The molecule has 4 heteroatoms. The normalized spacial score (nSPS) is 16.1. The number of hydrogen-bond donors (Lipinski definition) is 2. The number of hydrogen-bond acceptors (Lipinski definition) is 4. The molecule has 15 heavy (non-hydrogen) atoms. The number of nitrogens with zero attached hydrogens (tertiary/aromatic N) is 2. The maximum absolute atomic E-state index is 4.41. The summed E-state index contributed by atoms with van der Waals surface area (Å²) in [6, 6.07) is 1.93. The molecule has 0 saturated heterocycles. The zero-order chi connectivity index (χ0) is 10.5. The molecule has 4 nitrogen and oxygen atoms in total. The van der Waals surface area contributed by atoms with Crippen LogP contribution in [0.1, 0.15) is 25.1 Å². The van der Waals surface area contributed by atoms with Crippen molar-refractivity contribution in [2.75, 3.05) is 18.9 Å². The van der Waals surface area contributed by atoms with Crippen LogP contribution < -0.4 is 10.6 Å². The fourth-order valence-electron chi connectivity index (χ4n) is 1.69. The van der Waals surface area contributed by atoms with Crippen LogP contribution in [0.5, 0.6) is 0 Å². The first kappa shape index (κ1) is 10.4. The fourth-order valence-corrected chi connectivity index (χ4v) is 1.69. The molecule has 0 atom stereocenters. The molecule has 0 aliphatic heterocycles. The topological polar surface area (TPSA) is 49.8 Å². The highest BCUT2D eigenvalue weighted by atomic mass is 15.0. The quantitative estimate of drug-likeness (QED) is 0.764. The lowest BCUT2D eigenvalue weighted by Crippen LogP contribution is -2.21. The minimum atomic E-state index is 0.721. The van der Waals surface area contributed by atoms with Gasteiger partial charge in [0.25, 0.3) is 0 Å². The van der Waals surface area contributed by atoms with Crippen molar-refractivity contribution < 1.29 is 0 Å². The first-order chi connectivity index (χ1) is 7.38. The van der Waals surface area contributed by atoms with Crippen molar-refractivity contribution in [3.05, 3.63) is 18.1 Å². The summed E-state index contributed by atoms with van der Waals surface area (Å²) in [5.41, 5.74) is 0. The second kappa shape index (κ2) is 5.07. The van der Waals surface area contributed by atoms with Crippen molar-refractivity contribution in [3.8, 4) is 0 Å². The zero-order valence-electron chi connectivity index (χ0n) is 9.16. The molecular weight excluding hydrogens is 188 g/mol. The Morgan fingerprint density at radius 2 is 2.33 bits per heavy atom. The molecule has 82 valence electrons. The van der Waals surface area contributed by atoms with Crippen LogP contribution in [-0.4, -0.2) is 23.6 Å². The third kappa shape index (κ3) is 2.89. The van der Waals surface area contributed by atoms with Crippen molar-refractivity contribution in [1.29, 1.82) is 0 Å². The van der Waals surface area contributed by atoms with Crippen LogP contribution in [0, 0.1) is 5.92 Å². The Morgan fingerprint density at radius 1 is 1.47 bits per heavy atom. The fraction of sp³-hybridized carbons (Fsp3) is 0.636. The van der Waals surface area contributed by atoms with Gasteiger partial charge < -0.3 is 10.6 Å². The van der Waals surface area contributed by atoms with Gasteiger partial charge in [0.2, 0.25) is 0 Å². The molecule has 1 aromatic heterocycles. The van der Waals surface area contributed by atoms with E-state index in [2.05, 4.69) is 20.6 Å². The van der Waals surface area contributed by atoms with Crippen LogP contribution in [0.4, 0.5) is 5.82 Å². The van der Waals surface area contributed by atoms with E-state index >= 15 is 0 Å². The standard InChI is InChI=1S/C11H18N4/c1-12-8-11-13-6-5-10(15-11)14-7-9-3-2-4-9/h5-6,9,12H,2-4,7-8H2,1H3,(H,13,14,15). The Kier molecular flexibility index (Phi) is 3.50. The molecule has 0 unspecified atom stereocenters. The second-order valence-electron chi connectivity index (χ2n) is 4.07. The lowest BCUT2D eigenvalue weighted by molar-refractivity contribution is 0.333. The van der Waals surface area contributed by atoms with E-state index in [4.69, 9.17) is 0 Å². The van der Waals surface area contributed by atoms with Gasteiger partial charge in [0.05, 0.1) is 6.54 Å². The Balaban J connectivity index is 1.86. The molecule has 1 aliphatic carbocycles. The monoisotopic (exact) mass is 206 g/mol. The van der Waals surface area contributed by atoms with Crippen molar-refractivity contribution in [2.24, 2.45) is 5.92 Å². The molecule has 1 heterocycles. The predicted octanol–water partition coefficient (Wildman–Crippen LogP) is 1.41. The molecule has 1 fully saturated rings. The summed E-state index contributed by atoms with van der Waals surface area (Å²) < 4.78 is 0. The molecule has 2 rings (SSSR count). The lowest BCUT2D eigenvalue weighted by Gasteiger charge is -2.25. The largest absolute Gasteiger partial charge is 0.370 e. The first-order valence-electron chi connectivity index (χ1n) is 5.59. The molecule has 0 bridgehead atoms. The van der Waals surface area contributed by atoms with Crippen LogP contribution in [0.15, 0.2) is 12.3 Å². The molecule has 1 aromatic rings. The molecule has 0 radical (unpaired) electrons. The molecular formula is C11H18N4. The summed E-state index contributed by atoms with van der Waals surface area (Å²) in [7, 11) is 1.90. The minimum Gasteiger partial charge on any atom is -0.370 e. The average Bonchev–Trinajstić information content (AvgIpc) is 2.16. The van der Waals surface area contributed by atoms with Crippen molar-refractivity contribution >= 4 is 5.82 Å². The van der Waals surface area contributed by atoms with Crippen molar-refractivity contribution in [2.45, 2.75) is 25.8 Å². The van der Waals surface area contributed by atoms with E-state index in [0.717, 1.165) is 30.6 Å². The van der Waals surface area contributed by atoms with E-state index in [9.17, 15) is 0 Å². The van der Waals surface area contributed by atoms with E-state index in [1.807, 2.05) is 19.3 Å². The molecule has 0 aromatic carbocycles. The summed E-state index contributed by atoms with van der Waals surface area (Å²) in [5.74, 6) is 2.64. The van der Waals surface area contributed by atoms with Gasteiger partial charge in [0, 0.05) is 12.7 Å². The van der Waals surface area contributed by atoms with E-state index in [1.54, 1.807) is 0 Å². The van der Waals surface area contributed by atoms with Gasteiger partial charge in [-0.05, 0) is 31.9 Å². The Morgan fingerprint density at radius 3 is 3.00 bits per heavy atom. The minimum absolute atomic E-state index is 0.721. The maximum atomic E-state index is 4.41. The van der Waals surface area contributed by atoms with Crippen LogP contribution >= 0.6 is 0 Å². The number of aromatic nitrogens is 2. The molecule has 0 amide bonds. The summed E-state index contributed by atoms with van der Waals surface area (Å²) in [4.78, 5) is 8.58. The van der Waals surface area contributed by atoms with Crippen molar-refractivity contribution in [1.82, 2.24) is 15.3 Å². The first-order valence-corrected chi connectivity index (χ1v) is 5.59. The molecule has 0 spiro atoms. The number of nitrogens with one attached hydrogen (secondary N) is 2. The van der Waals surface area contributed by atoms with Crippen molar-refractivity contribution in [3.63, 3.8) is 0 Å². The summed E-state index contributed by atoms with van der Waals surface area (Å²) >= 11 is 0. The summed E-state index contributed by atoms with van der Waals surface area (Å²) in [6.07, 6.45) is 5.92. The SMILES string of the molecule is CNCc1nccc(NCC2CCC2)n1. The highest BCUT2D eigenvalue weighted by Gasteiger charge is 2.16. The van der Waals surface area contributed by atoms with E-state index < -0.39 is 0 Å². The lowest BCUT2D eigenvalue weighted by atomic mass is 9.85. The molecule has 2 N–H and O–H groups in total. The Labute approximate surface area is 90.5 Å². The van der Waals surface area contributed by atoms with Gasteiger partial charge in [-0.25, -0.2) is 9.97 Å². The second-order valence-corrected chi connectivity index (χ2v) is 4.07. The molecule has 1 aliphatic rings. The van der Waals surface area contributed by atoms with Gasteiger partial charge in [0.1, 0.15) is 11.6 Å². The maximum Gasteiger partial charge on any atom is 0.144 e. The zero-order valence-corrected chi connectivity index (χ0v) is 9.16. The van der Waals surface area contributed by atoms with Gasteiger partial charge in [-0.3, -0.25) is 0 Å². The highest BCUT2D eigenvalue weighted by molar-refractivity contribution is 5.32. The third-order valence-electron chi connectivity index (χ3n) is 2.84. The van der Waals surface area contributed by atoms with E-state index in [1.165, 1.54) is 19.3 Å². The van der Waals surface area contributed by atoms with E-state index in [0.29, 0.717) is 0 Å². The smallest absolute Gasteiger partial charge is 0.144 e. The van der Waals surface area contributed by atoms with Crippen LogP contribution in [-0.2, 0) is 6.54 Å². The van der Waals surface area contributed by atoms with Gasteiger partial charge >= 0.3 is 0 Å². The van der Waals surface area contributed by atoms with E-state index in [-0.39, 0.29) is 0 Å². The number of anilines is 1. The Hall–Kier alpha value is -1.16. The summed E-state index contributed by atoms with van der Waals surface area (Å²) in [5, 5.41) is 6.41. The highest BCUT2D eigenvalue weighted by Crippen LogP contribution is 2.26. The predicted molar refractivity (Wildman–Crippen MR) is 60.6 cm³/mol. The Bertz CT molecular complexity index is 309. The number of rotatable bonds is 5. The van der Waals surface area contributed by atoms with Crippen LogP contribution in [0.25, 0.3) is 0 Å². The average molecular weight is 206 g/mol. The van der Waals surface area contributed by atoms with Gasteiger partial charge in [-0.1, -0.05) is 6.42 Å². The van der Waals surface area contributed by atoms with Gasteiger partial charge in [-0.15, -0.1) is 0 Å². The van der Waals surface area contributed by atoms with Gasteiger partial charge in [-0.2, -0.15) is 0 Å². The third-order valence-corrected chi connectivity index (χ3v) is 2.84. The van der Waals surface area contributed by atoms with Crippen LogP contribution in [0.2, 0.25) is 0 Å². The summed E-state index contributed by atoms with van der Waals surface area (Å²) in [6.45, 7) is 1.77. The van der Waals surface area contributed by atoms with Gasteiger partial charge in [0.15, 0.2) is 0 Å². The molecule has 1 saturated carbocycles.